The maximum atomic E-state index is 14.3. The van der Waals surface area contributed by atoms with Crippen molar-refractivity contribution in [2.45, 2.75) is 50.6 Å². The number of nitrogens with one attached hydrogen (secondary N) is 2. The Balaban J connectivity index is 1.66. The highest BCUT2D eigenvalue weighted by Gasteiger charge is 2.25. The Hall–Kier alpha value is -2.52. The summed E-state index contributed by atoms with van der Waals surface area (Å²) in [7, 11) is -3.82. The second-order valence-electron chi connectivity index (χ2n) is 7.79. The number of hydrogen-bond donors (Lipinski definition) is 2. The fourth-order valence-electron chi connectivity index (χ4n) is 3.44. The maximum Gasteiger partial charge on any atom is 0.254 e. The second-order valence-corrected chi connectivity index (χ2v) is 9.50. The lowest BCUT2D eigenvalue weighted by Crippen LogP contribution is -2.45. The van der Waals surface area contributed by atoms with Crippen molar-refractivity contribution in [3.05, 3.63) is 53.5 Å². The van der Waals surface area contributed by atoms with Gasteiger partial charge in [0.25, 0.3) is 5.91 Å². The molecule has 162 valence electrons. The summed E-state index contributed by atoms with van der Waals surface area (Å²) in [6, 6.07) is 8.68. The van der Waals surface area contributed by atoms with Gasteiger partial charge in [0.05, 0.1) is 10.5 Å². The minimum atomic E-state index is -3.82. The molecule has 1 saturated heterocycles. The molecule has 3 rings (SSSR count). The van der Waals surface area contributed by atoms with Crippen LogP contribution in [0, 0.1) is 12.7 Å². The number of sulfonamides is 1. The minimum absolute atomic E-state index is 0.119. The quantitative estimate of drug-likeness (QED) is 0.729. The number of hydrogen-bond acceptors (Lipinski definition) is 5. The molecule has 1 aliphatic rings. The van der Waals surface area contributed by atoms with E-state index >= 15 is 0 Å². The topological polar surface area (TPSA) is 91.4 Å². The van der Waals surface area contributed by atoms with Gasteiger partial charge in [-0.1, -0.05) is 6.07 Å². The number of piperidine rings is 1. The highest BCUT2D eigenvalue weighted by atomic mass is 32.2. The van der Waals surface area contributed by atoms with Crippen molar-refractivity contribution in [3.8, 4) is 0 Å². The summed E-state index contributed by atoms with van der Waals surface area (Å²) in [5.41, 5.74) is 0.671. The molecule has 0 saturated carbocycles. The summed E-state index contributed by atoms with van der Waals surface area (Å²) in [6.07, 6.45) is 1.38. The van der Waals surface area contributed by atoms with Gasteiger partial charge >= 0.3 is 0 Å². The standard InChI is InChI=1S/C21H27FN4O3S/c1-14(2)25-30(28,29)17-7-8-19(22)18(13-17)21(27)24-16-9-11-26(12-10-16)20-6-4-5-15(3)23-20/h4-8,13-14,16,25H,9-12H2,1-3H3,(H,24,27). The smallest absolute Gasteiger partial charge is 0.254 e. The van der Waals surface area contributed by atoms with E-state index in [0.717, 1.165) is 42.8 Å². The van der Waals surface area contributed by atoms with Gasteiger partial charge in [0.1, 0.15) is 11.6 Å². The molecular formula is C21H27FN4O3S. The van der Waals surface area contributed by atoms with Crippen molar-refractivity contribution in [3.63, 3.8) is 0 Å². The van der Waals surface area contributed by atoms with Crippen LogP contribution in [0.15, 0.2) is 41.3 Å². The molecule has 1 aromatic heterocycles. The van der Waals surface area contributed by atoms with Crippen LogP contribution in [0.25, 0.3) is 0 Å². The number of anilines is 1. The molecule has 1 aliphatic heterocycles. The number of benzene rings is 1. The van der Waals surface area contributed by atoms with Gasteiger partial charge in [0.15, 0.2) is 0 Å². The van der Waals surface area contributed by atoms with E-state index in [9.17, 15) is 17.6 Å². The fraction of sp³-hybridized carbons (Fsp3) is 0.429. The van der Waals surface area contributed by atoms with Gasteiger partial charge in [0.2, 0.25) is 10.0 Å². The van der Waals surface area contributed by atoms with Crippen molar-refractivity contribution >= 4 is 21.7 Å². The van der Waals surface area contributed by atoms with Crippen molar-refractivity contribution in [2.24, 2.45) is 0 Å². The average molecular weight is 435 g/mol. The van der Waals surface area contributed by atoms with E-state index in [2.05, 4.69) is 19.9 Å². The number of carbonyl (C=O) groups excluding carboxylic acids is 1. The van der Waals surface area contributed by atoms with Crippen molar-refractivity contribution in [2.75, 3.05) is 18.0 Å². The van der Waals surface area contributed by atoms with E-state index in [1.54, 1.807) is 13.8 Å². The lowest BCUT2D eigenvalue weighted by atomic mass is 10.0. The summed E-state index contributed by atoms with van der Waals surface area (Å²) in [5.74, 6) is -0.458. The highest BCUT2D eigenvalue weighted by Crippen LogP contribution is 2.20. The lowest BCUT2D eigenvalue weighted by Gasteiger charge is -2.33. The molecule has 7 nitrogen and oxygen atoms in total. The third-order valence-electron chi connectivity index (χ3n) is 4.91. The molecule has 0 unspecified atom stereocenters. The van der Waals surface area contributed by atoms with Crippen LogP contribution in [-0.4, -0.2) is 44.5 Å². The van der Waals surface area contributed by atoms with E-state index in [-0.39, 0.29) is 22.5 Å². The minimum Gasteiger partial charge on any atom is -0.356 e. The van der Waals surface area contributed by atoms with Gasteiger partial charge < -0.3 is 10.2 Å². The molecule has 30 heavy (non-hydrogen) atoms. The zero-order chi connectivity index (χ0) is 21.9. The highest BCUT2D eigenvalue weighted by molar-refractivity contribution is 7.89. The molecule has 0 atom stereocenters. The van der Waals surface area contributed by atoms with Gasteiger partial charge in [-0.25, -0.2) is 22.5 Å². The molecule has 1 aromatic carbocycles. The van der Waals surface area contributed by atoms with Crippen LogP contribution in [-0.2, 0) is 10.0 Å². The Labute approximate surface area is 176 Å². The molecule has 0 aliphatic carbocycles. The Morgan fingerprint density at radius 2 is 1.90 bits per heavy atom. The zero-order valence-corrected chi connectivity index (χ0v) is 18.2. The third kappa shape index (κ3) is 5.34. The van der Waals surface area contributed by atoms with E-state index in [1.807, 2.05) is 25.1 Å². The Kier molecular flexibility index (Phi) is 6.72. The van der Waals surface area contributed by atoms with Crippen LogP contribution >= 0.6 is 0 Å². The summed E-state index contributed by atoms with van der Waals surface area (Å²) in [5, 5.41) is 2.84. The second kappa shape index (κ2) is 9.09. The first kappa shape index (κ1) is 22.2. The third-order valence-corrected chi connectivity index (χ3v) is 6.57. The number of halogens is 1. The van der Waals surface area contributed by atoms with Crippen molar-refractivity contribution in [1.29, 1.82) is 0 Å². The molecular weight excluding hydrogens is 407 g/mol. The molecule has 0 spiro atoms. The number of rotatable bonds is 6. The monoisotopic (exact) mass is 434 g/mol. The van der Waals surface area contributed by atoms with Crippen LogP contribution in [0.5, 0.6) is 0 Å². The van der Waals surface area contributed by atoms with Gasteiger partial charge in [-0.2, -0.15) is 0 Å². The first-order valence-corrected chi connectivity index (χ1v) is 11.5. The van der Waals surface area contributed by atoms with Crippen molar-refractivity contribution in [1.82, 2.24) is 15.0 Å². The molecule has 9 heteroatoms. The van der Waals surface area contributed by atoms with E-state index in [0.29, 0.717) is 12.8 Å². The predicted molar refractivity (Wildman–Crippen MR) is 114 cm³/mol. The van der Waals surface area contributed by atoms with Crippen LogP contribution in [0.3, 0.4) is 0 Å². The van der Waals surface area contributed by atoms with Crippen molar-refractivity contribution < 1.29 is 17.6 Å². The largest absolute Gasteiger partial charge is 0.356 e. The predicted octanol–water partition coefficient (Wildman–Crippen LogP) is 2.61. The van der Waals surface area contributed by atoms with E-state index < -0.39 is 21.7 Å². The molecule has 2 aromatic rings. The summed E-state index contributed by atoms with van der Waals surface area (Å²) >= 11 is 0. The van der Waals surface area contributed by atoms with Gasteiger partial charge in [-0.3, -0.25) is 4.79 Å². The molecule has 2 N–H and O–H groups in total. The van der Waals surface area contributed by atoms with Crippen LogP contribution in [0.4, 0.5) is 10.2 Å². The summed E-state index contributed by atoms with van der Waals surface area (Å²) in [6.45, 7) is 6.75. The van der Waals surface area contributed by atoms with Crippen LogP contribution in [0.1, 0.15) is 42.7 Å². The van der Waals surface area contributed by atoms with Gasteiger partial charge in [0, 0.05) is 30.9 Å². The first-order chi connectivity index (χ1) is 14.2. The van der Waals surface area contributed by atoms with Crippen LogP contribution in [0.2, 0.25) is 0 Å². The fourth-order valence-corrected chi connectivity index (χ4v) is 4.72. The normalized spacial score (nSPS) is 15.4. The SMILES string of the molecule is Cc1cccc(N2CCC(NC(=O)c3cc(S(=O)(=O)NC(C)C)ccc3F)CC2)n1. The van der Waals surface area contributed by atoms with E-state index in [1.165, 1.54) is 0 Å². The molecule has 2 heterocycles. The number of carbonyl (C=O) groups is 1. The molecule has 1 amide bonds. The average Bonchev–Trinajstić information content (AvgIpc) is 2.67. The molecule has 1 fully saturated rings. The van der Waals surface area contributed by atoms with Gasteiger partial charge in [-0.05, 0) is 63.9 Å². The first-order valence-electron chi connectivity index (χ1n) is 9.97. The summed E-state index contributed by atoms with van der Waals surface area (Å²) in [4.78, 5) is 19.2. The summed E-state index contributed by atoms with van der Waals surface area (Å²) < 4.78 is 41.4. The lowest BCUT2D eigenvalue weighted by molar-refractivity contribution is 0.0926. The number of pyridine rings is 1. The Morgan fingerprint density at radius 3 is 2.53 bits per heavy atom. The zero-order valence-electron chi connectivity index (χ0n) is 17.4. The molecule has 0 bridgehead atoms. The number of amides is 1. The number of nitrogens with zero attached hydrogens (tertiary/aromatic N) is 2. The van der Waals surface area contributed by atoms with Crippen LogP contribution < -0.4 is 14.9 Å². The Morgan fingerprint density at radius 1 is 1.20 bits per heavy atom. The Bertz CT molecular complexity index is 1020. The number of aromatic nitrogens is 1. The maximum absolute atomic E-state index is 14.3. The number of aryl methyl sites for hydroxylation is 1. The van der Waals surface area contributed by atoms with Gasteiger partial charge in [-0.15, -0.1) is 0 Å². The molecule has 0 radical (unpaired) electrons. The van der Waals surface area contributed by atoms with E-state index in [4.69, 9.17) is 0 Å².